The summed E-state index contributed by atoms with van der Waals surface area (Å²) in [5.74, 6) is -2.02. The summed E-state index contributed by atoms with van der Waals surface area (Å²) in [6.45, 7) is 0. The molecule has 7 nitrogen and oxygen atoms in total. The van der Waals surface area contributed by atoms with Crippen LogP contribution in [-0.2, 0) is 0 Å². The van der Waals surface area contributed by atoms with Crippen LogP contribution in [0.3, 0.4) is 0 Å². The smallest absolute Gasteiger partial charge is 0.288 e. The van der Waals surface area contributed by atoms with Crippen molar-refractivity contribution in [3.63, 3.8) is 0 Å². The van der Waals surface area contributed by atoms with Crippen molar-refractivity contribution >= 4 is 69.7 Å². The van der Waals surface area contributed by atoms with Gasteiger partial charge in [0, 0.05) is 11.3 Å². The van der Waals surface area contributed by atoms with Gasteiger partial charge in [-0.2, -0.15) is 0 Å². The van der Waals surface area contributed by atoms with Crippen LogP contribution in [0.4, 0.5) is 5.69 Å². The third-order valence-electron chi connectivity index (χ3n) is 3.02. The van der Waals surface area contributed by atoms with E-state index >= 15 is 0 Å². The number of carboxylic acids is 1. The maximum absolute atomic E-state index is 12.1. The fourth-order valence-corrected chi connectivity index (χ4v) is 2.42. The number of rotatable bonds is 5. The Morgan fingerprint density at radius 1 is 1.12 bits per heavy atom. The van der Waals surface area contributed by atoms with E-state index in [2.05, 4.69) is 16.0 Å². The molecule has 0 saturated heterocycles. The average Bonchev–Trinajstić information content (AvgIpc) is 3.08. The fourth-order valence-electron chi connectivity index (χ4n) is 1.87. The van der Waals surface area contributed by atoms with E-state index < -0.39 is 21.8 Å². The van der Waals surface area contributed by atoms with E-state index in [1.807, 2.05) is 0 Å². The number of aromatic carboxylic acids is 1. The van der Waals surface area contributed by atoms with Crippen LogP contribution in [-0.4, -0.2) is 26.9 Å². The minimum Gasteiger partial charge on any atom is -0.545 e. The van der Waals surface area contributed by atoms with Crippen molar-refractivity contribution in [3.8, 4) is 0 Å². The van der Waals surface area contributed by atoms with Gasteiger partial charge in [-0.1, -0.05) is 53.0 Å². The Bertz CT molecular complexity index is 809. The standard InChI is InChI=1S/C15H12Cl3N3O4S/c16-15(17,18)13(20-11(22)10-6-3-7-25-10)21-14(26)19-9-5-2-1-4-8(9)12(23)24/h1-7,13H,(H,20,22)(H,23,24)(H2,19,21,26)/p-1/t13-/m1/s1. The van der Waals surface area contributed by atoms with E-state index in [9.17, 15) is 14.7 Å². The molecular formula is C15H11Cl3N3O4S-. The van der Waals surface area contributed by atoms with Crippen LogP contribution < -0.4 is 21.1 Å². The number of alkyl halides is 3. The first-order valence-corrected chi connectivity index (χ1v) is 8.51. The second kappa shape index (κ2) is 8.59. The predicted molar refractivity (Wildman–Crippen MR) is 100 cm³/mol. The zero-order valence-corrected chi connectivity index (χ0v) is 15.9. The highest BCUT2D eigenvalue weighted by molar-refractivity contribution is 7.80. The molecule has 0 bridgehead atoms. The zero-order chi connectivity index (χ0) is 19.3. The van der Waals surface area contributed by atoms with Crippen LogP contribution in [0.15, 0.2) is 47.1 Å². The van der Waals surface area contributed by atoms with Crippen LogP contribution in [0, 0.1) is 0 Å². The first-order chi connectivity index (χ1) is 12.2. The molecule has 26 heavy (non-hydrogen) atoms. The minimum absolute atomic E-state index is 0.00669. The van der Waals surface area contributed by atoms with Crippen molar-refractivity contribution in [3.05, 3.63) is 54.0 Å². The van der Waals surface area contributed by atoms with Crippen molar-refractivity contribution < 1.29 is 19.1 Å². The molecule has 0 aliphatic heterocycles. The lowest BCUT2D eigenvalue weighted by Gasteiger charge is -2.27. The predicted octanol–water partition coefficient (Wildman–Crippen LogP) is 2.06. The number of hydrogen-bond donors (Lipinski definition) is 3. The number of carboxylic acid groups (broad SMARTS) is 1. The molecule has 0 aliphatic carbocycles. The highest BCUT2D eigenvalue weighted by Crippen LogP contribution is 2.29. The molecule has 0 unspecified atom stereocenters. The van der Waals surface area contributed by atoms with E-state index in [-0.39, 0.29) is 22.1 Å². The van der Waals surface area contributed by atoms with Crippen molar-refractivity contribution in [1.29, 1.82) is 0 Å². The molecule has 11 heteroatoms. The van der Waals surface area contributed by atoms with Crippen LogP contribution in [0.25, 0.3) is 0 Å². The molecule has 2 rings (SSSR count). The summed E-state index contributed by atoms with van der Waals surface area (Å²) >= 11 is 22.7. The Balaban J connectivity index is 2.10. The van der Waals surface area contributed by atoms with Gasteiger partial charge in [0.15, 0.2) is 10.9 Å². The van der Waals surface area contributed by atoms with Gasteiger partial charge in [0.05, 0.1) is 12.2 Å². The number of anilines is 1. The minimum atomic E-state index is -1.97. The highest BCUT2D eigenvalue weighted by Gasteiger charge is 2.35. The quantitative estimate of drug-likeness (QED) is 0.375. The molecule has 138 valence electrons. The average molecular weight is 436 g/mol. The van der Waals surface area contributed by atoms with E-state index in [4.69, 9.17) is 51.4 Å². The SMILES string of the molecule is O=C(N[C@H](NC(=S)Nc1ccccc1C(=O)[O-])C(Cl)(Cl)Cl)c1ccco1. The molecule has 1 aromatic heterocycles. The van der Waals surface area contributed by atoms with Crippen LogP contribution in [0.5, 0.6) is 0 Å². The van der Waals surface area contributed by atoms with Crippen LogP contribution >= 0.6 is 47.0 Å². The number of furan rings is 1. The summed E-state index contributed by atoms with van der Waals surface area (Å²) in [6.07, 6.45) is 0.0793. The van der Waals surface area contributed by atoms with Gasteiger partial charge in [-0.25, -0.2) is 0 Å². The maximum atomic E-state index is 12.1. The molecule has 0 fully saturated rings. The lowest BCUT2D eigenvalue weighted by Crippen LogP contribution is -2.56. The van der Waals surface area contributed by atoms with Crippen molar-refractivity contribution in [2.45, 2.75) is 9.96 Å². The first-order valence-electron chi connectivity index (χ1n) is 6.97. The number of amides is 1. The summed E-state index contributed by atoms with van der Waals surface area (Å²) in [5.41, 5.74) is 0.0622. The topological polar surface area (TPSA) is 106 Å². The maximum Gasteiger partial charge on any atom is 0.288 e. The Morgan fingerprint density at radius 2 is 1.81 bits per heavy atom. The number of hydrogen-bond acceptors (Lipinski definition) is 5. The van der Waals surface area contributed by atoms with Crippen molar-refractivity contribution in [2.75, 3.05) is 5.32 Å². The molecule has 3 N–H and O–H groups in total. The van der Waals surface area contributed by atoms with E-state index in [1.165, 1.54) is 36.6 Å². The molecule has 0 spiro atoms. The van der Waals surface area contributed by atoms with E-state index in [0.29, 0.717) is 0 Å². The molecule has 0 radical (unpaired) electrons. The number of para-hydroxylation sites is 1. The highest BCUT2D eigenvalue weighted by atomic mass is 35.6. The third-order valence-corrected chi connectivity index (χ3v) is 3.89. The molecule has 1 amide bonds. The Kier molecular flexibility index (Phi) is 6.71. The van der Waals surface area contributed by atoms with Crippen LogP contribution in [0.2, 0.25) is 0 Å². The first kappa shape index (κ1) is 20.3. The Hall–Kier alpha value is -2.00. The second-order valence-corrected chi connectivity index (χ2v) is 7.63. The van der Waals surface area contributed by atoms with Gasteiger partial charge in [-0.05, 0) is 30.4 Å². The van der Waals surface area contributed by atoms with Gasteiger partial charge in [0.25, 0.3) is 5.91 Å². The molecule has 0 saturated carbocycles. The number of carbonyl (C=O) groups is 2. The largest absolute Gasteiger partial charge is 0.545 e. The number of nitrogens with one attached hydrogen (secondary N) is 3. The van der Waals surface area contributed by atoms with Gasteiger partial charge in [-0.3, -0.25) is 4.79 Å². The lowest BCUT2D eigenvalue weighted by molar-refractivity contribution is -0.254. The number of carbonyl (C=O) groups excluding carboxylic acids is 2. The summed E-state index contributed by atoms with van der Waals surface area (Å²) in [7, 11) is 0. The normalized spacial score (nSPS) is 12.1. The molecular weight excluding hydrogens is 425 g/mol. The van der Waals surface area contributed by atoms with Gasteiger partial charge < -0.3 is 30.3 Å². The summed E-state index contributed by atoms with van der Waals surface area (Å²) in [6, 6.07) is 8.90. The monoisotopic (exact) mass is 434 g/mol. The van der Waals surface area contributed by atoms with Gasteiger partial charge >= 0.3 is 0 Å². The third kappa shape index (κ3) is 5.50. The Morgan fingerprint density at radius 3 is 2.38 bits per heavy atom. The van der Waals surface area contributed by atoms with Gasteiger partial charge in [0.2, 0.25) is 3.79 Å². The number of thiocarbonyl (C=S) groups is 1. The van der Waals surface area contributed by atoms with Gasteiger partial charge in [0.1, 0.15) is 6.17 Å². The molecule has 1 aromatic carbocycles. The van der Waals surface area contributed by atoms with E-state index in [1.54, 1.807) is 6.07 Å². The Labute approximate surface area is 168 Å². The zero-order valence-electron chi connectivity index (χ0n) is 12.8. The van der Waals surface area contributed by atoms with Crippen LogP contribution in [0.1, 0.15) is 20.9 Å². The van der Waals surface area contributed by atoms with Gasteiger partial charge in [-0.15, -0.1) is 0 Å². The second-order valence-electron chi connectivity index (χ2n) is 4.86. The molecule has 1 atom stereocenters. The summed E-state index contributed by atoms with van der Waals surface area (Å²) in [5, 5.41) is 18.7. The summed E-state index contributed by atoms with van der Waals surface area (Å²) < 4.78 is 2.99. The molecule has 0 aliphatic rings. The molecule has 2 aromatic rings. The van der Waals surface area contributed by atoms with E-state index in [0.717, 1.165) is 0 Å². The fraction of sp³-hybridized carbons (Fsp3) is 0.133. The number of benzene rings is 1. The lowest BCUT2D eigenvalue weighted by atomic mass is 10.2. The number of halogens is 3. The summed E-state index contributed by atoms with van der Waals surface area (Å²) in [4.78, 5) is 23.2. The van der Waals surface area contributed by atoms with Crippen molar-refractivity contribution in [1.82, 2.24) is 10.6 Å². The van der Waals surface area contributed by atoms with Crippen molar-refractivity contribution in [2.24, 2.45) is 0 Å². The molecule has 1 heterocycles.